The molecule has 0 bridgehead atoms. The standard InChI is InChI=1S/C43H26N4/c1-5-17-33-28(12-1)29-13-2-6-18-34(29)43(33)35-19-7-3-14-30(35)40-32(16-11-20-36(40)43)42-46-38-22-8-4-15-31(38)41(47-42)39-24-23-27(26-45-39)37-21-9-10-25-44-37/h1-26H. The molecule has 0 saturated carbocycles. The molecule has 47 heavy (non-hydrogen) atoms. The van der Waals surface area contributed by atoms with E-state index in [2.05, 4.69) is 114 Å². The van der Waals surface area contributed by atoms with Gasteiger partial charge >= 0.3 is 0 Å². The van der Waals surface area contributed by atoms with Crippen molar-refractivity contribution in [2.75, 3.05) is 0 Å². The minimum absolute atomic E-state index is 0.419. The quantitative estimate of drug-likeness (QED) is 0.203. The van der Waals surface area contributed by atoms with E-state index in [0.717, 1.165) is 39.1 Å². The summed E-state index contributed by atoms with van der Waals surface area (Å²) < 4.78 is 0. The summed E-state index contributed by atoms with van der Waals surface area (Å²) in [6, 6.07) is 51.5. The van der Waals surface area contributed by atoms with Gasteiger partial charge in [-0.05, 0) is 74.8 Å². The number of benzene rings is 5. The molecule has 3 heterocycles. The van der Waals surface area contributed by atoms with E-state index < -0.39 is 5.41 Å². The Hall–Kier alpha value is -6.26. The van der Waals surface area contributed by atoms with Gasteiger partial charge in [-0.3, -0.25) is 9.97 Å². The van der Waals surface area contributed by atoms with Crippen molar-refractivity contribution in [2.45, 2.75) is 5.41 Å². The van der Waals surface area contributed by atoms with E-state index in [1.165, 1.54) is 44.5 Å². The second-order valence-electron chi connectivity index (χ2n) is 12.2. The Balaban J connectivity index is 1.23. The Labute approximate surface area is 272 Å². The molecule has 0 aliphatic heterocycles. The fourth-order valence-electron chi connectivity index (χ4n) is 7.94. The smallest absolute Gasteiger partial charge is 0.161 e. The molecule has 0 N–H and O–H groups in total. The Morgan fingerprint density at radius 2 is 1.06 bits per heavy atom. The predicted octanol–water partition coefficient (Wildman–Crippen LogP) is 9.76. The van der Waals surface area contributed by atoms with Crippen LogP contribution in [0.3, 0.4) is 0 Å². The van der Waals surface area contributed by atoms with Crippen molar-refractivity contribution < 1.29 is 0 Å². The van der Waals surface area contributed by atoms with Crippen molar-refractivity contribution in [3.63, 3.8) is 0 Å². The molecule has 10 rings (SSSR count). The molecule has 2 aliphatic carbocycles. The summed E-state index contributed by atoms with van der Waals surface area (Å²) in [5.74, 6) is 0.692. The second-order valence-corrected chi connectivity index (χ2v) is 12.2. The normalized spacial score (nSPS) is 13.3. The number of rotatable bonds is 3. The van der Waals surface area contributed by atoms with Gasteiger partial charge in [-0.2, -0.15) is 0 Å². The highest BCUT2D eigenvalue weighted by atomic mass is 14.9. The van der Waals surface area contributed by atoms with Crippen LogP contribution in [0, 0.1) is 0 Å². The minimum Gasteiger partial charge on any atom is -0.256 e. The van der Waals surface area contributed by atoms with Crippen LogP contribution in [-0.4, -0.2) is 19.9 Å². The number of hydrogen-bond acceptors (Lipinski definition) is 4. The summed E-state index contributed by atoms with van der Waals surface area (Å²) >= 11 is 0. The van der Waals surface area contributed by atoms with Gasteiger partial charge in [0.15, 0.2) is 5.82 Å². The maximum Gasteiger partial charge on any atom is 0.161 e. The zero-order valence-electron chi connectivity index (χ0n) is 25.3. The molecule has 0 atom stereocenters. The van der Waals surface area contributed by atoms with Crippen LogP contribution in [0.5, 0.6) is 0 Å². The molecule has 2 aliphatic rings. The van der Waals surface area contributed by atoms with Crippen molar-refractivity contribution in [3.8, 4) is 56.3 Å². The van der Waals surface area contributed by atoms with Crippen LogP contribution in [0.2, 0.25) is 0 Å². The van der Waals surface area contributed by atoms with E-state index in [1.807, 2.05) is 42.6 Å². The molecule has 4 heteroatoms. The average Bonchev–Trinajstić information content (AvgIpc) is 3.62. The number of pyridine rings is 2. The van der Waals surface area contributed by atoms with E-state index in [9.17, 15) is 0 Å². The van der Waals surface area contributed by atoms with Crippen molar-refractivity contribution in [2.24, 2.45) is 0 Å². The number of hydrogen-bond donors (Lipinski definition) is 0. The van der Waals surface area contributed by atoms with Gasteiger partial charge in [0.1, 0.15) is 5.69 Å². The van der Waals surface area contributed by atoms with Gasteiger partial charge in [0, 0.05) is 28.9 Å². The highest BCUT2D eigenvalue weighted by Gasteiger charge is 2.52. The van der Waals surface area contributed by atoms with Gasteiger partial charge in [0.25, 0.3) is 0 Å². The topological polar surface area (TPSA) is 51.6 Å². The molecule has 218 valence electrons. The fourth-order valence-corrected chi connectivity index (χ4v) is 7.94. The first kappa shape index (κ1) is 26.0. The lowest BCUT2D eigenvalue weighted by Crippen LogP contribution is -2.25. The second kappa shape index (κ2) is 9.87. The summed E-state index contributed by atoms with van der Waals surface area (Å²) in [7, 11) is 0. The number of para-hydroxylation sites is 1. The van der Waals surface area contributed by atoms with E-state index >= 15 is 0 Å². The molecule has 0 unspecified atom stereocenters. The summed E-state index contributed by atoms with van der Waals surface area (Å²) in [4.78, 5) is 19.9. The van der Waals surface area contributed by atoms with E-state index in [-0.39, 0.29) is 0 Å². The maximum atomic E-state index is 5.31. The largest absolute Gasteiger partial charge is 0.256 e. The van der Waals surface area contributed by atoms with Crippen molar-refractivity contribution >= 4 is 10.9 Å². The Morgan fingerprint density at radius 3 is 1.79 bits per heavy atom. The highest BCUT2D eigenvalue weighted by Crippen LogP contribution is 2.63. The van der Waals surface area contributed by atoms with Crippen molar-refractivity contribution in [3.05, 3.63) is 180 Å². The first-order valence-corrected chi connectivity index (χ1v) is 15.9. The monoisotopic (exact) mass is 598 g/mol. The predicted molar refractivity (Wildman–Crippen MR) is 188 cm³/mol. The van der Waals surface area contributed by atoms with E-state index in [1.54, 1.807) is 6.20 Å². The van der Waals surface area contributed by atoms with Gasteiger partial charge in [-0.25, -0.2) is 9.97 Å². The summed E-state index contributed by atoms with van der Waals surface area (Å²) in [5.41, 5.74) is 15.2. The molecule has 5 aromatic carbocycles. The molecule has 0 amide bonds. The van der Waals surface area contributed by atoms with Crippen molar-refractivity contribution in [1.82, 2.24) is 19.9 Å². The van der Waals surface area contributed by atoms with E-state index in [4.69, 9.17) is 15.0 Å². The molecule has 0 fully saturated rings. The number of aromatic nitrogens is 4. The Kier molecular flexibility index (Phi) is 5.46. The molecule has 1 spiro atoms. The maximum absolute atomic E-state index is 5.31. The van der Waals surface area contributed by atoms with Crippen molar-refractivity contribution in [1.29, 1.82) is 0 Å². The third-order valence-corrected chi connectivity index (χ3v) is 9.83. The lowest BCUT2D eigenvalue weighted by atomic mass is 9.70. The molecule has 0 radical (unpaired) electrons. The van der Waals surface area contributed by atoms with Crippen LogP contribution in [-0.2, 0) is 5.41 Å². The first-order chi connectivity index (χ1) is 23.3. The third kappa shape index (κ3) is 3.58. The molecule has 3 aromatic heterocycles. The fraction of sp³-hybridized carbons (Fsp3) is 0.0233. The zero-order chi connectivity index (χ0) is 31.0. The molecule has 4 nitrogen and oxygen atoms in total. The third-order valence-electron chi connectivity index (χ3n) is 9.83. The minimum atomic E-state index is -0.419. The first-order valence-electron chi connectivity index (χ1n) is 15.9. The molecule has 8 aromatic rings. The van der Waals surface area contributed by atoms with E-state index in [0.29, 0.717) is 5.82 Å². The van der Waals surface area contributed by atoms with Crippen LogP contribution < -0.4 is 0 Å². The Morgan fingerprint density at radius 1 is 0.426 bits per heavy atom. The van der Waals surface area contributed by atoms with Gasteiger partial charge in [0.05, 0.1) is 22.3 Å². The van der Waals surface area contributed by atoms with Gasteiger partial charge < -0.3 is 0 Å². The average molecular weight is 599 g/mol. The van der Waals surface area contributed by atoms with Crippen LogP contribution in [0.4, 0.5) is 0 Å². The highest BCUT2D eigenvalue weighted by molar-refractivity contribution is 6.00. The van der Waals surface area contributed by atoms with Crippen LogP contribution >= 0.6 is 0 Å². The SMILES string of the molecule is c1ccc(-c2ccc(-c3nc(-c4cccc5c4-c4ccccc4C54c5ccccc5-c5ccccc54)nc4ccccc34)nc2)nc1. The van der Waals surface area contributed by atoms with Crippen LogP contribution in [0.1, 0.15) is 22.3 Å². The molecular weight excluding hydrogens is 573 g/mol. The number of fused-ring (bicyclic) bond motifs is 11. The molecule has 0 saturated heterocycles. The zero-order valence-corrected chi connectivity index (χ0v) is 25.3. The molecular formula is C43H26N4. The summed E-state index contributed by atoms with van der Waals surface area (Å²) in [6.45, 7) is 0. The van der Waals surface area contributed by atoms with Crippen LogP contribution in [0.15, 0.2) is 158 Å². The Bertz CT molecular complexity index is 2470. The van der Waals surface area contributed by atoms with Gasteiger partial charge in [0.2, 0.25) is 0 Å². The van der Waals surface area contributed by atoms with Crippen LogP contribution in [0.25, 0.3) is 67.2 Å². The summed E-state index contributed by atoms with van der Waals surface area (Å²) in [5, 5.41) is 0.970. The van der Waals surface area contributed by atoms with Gasteiger partial charge in [-0.1, -0.05) is 115 Å². The summed E-state index contributed by atoms with van der Waals surface area (Å²) in [6.07, 6.45) is 3.68. The lowest BCUT2D eigenvalue weighted by molar-refractivity contribution is 0.794. The lowest BCUT2D eigenvalue weighted by Gasteiger charge is -2.30. The number of nitrogens with zero attached hydrogens (tertiary/aromatic N) is 4. The van der Waals surface area contributed by atoms with Gasteiger partial charge in [-0.15, -0.1) is 0 Å².